The number of rotatable bonds is 8. The largest absolute Gasteiger partial charge is 0.394 e. The monoisotopic (exact) mass is 529 g/mol. The average Bonchev–Trinajstić information content (AvgIpc) is 2.87. The molecule has 0 spiro atoms. The van der Waals surface area contributed by atoms with Crippen LogP contribution >= 0.6 is 0 Å². The highest BCUT2D eigenvalue weighted by molar-refractivity contribution is 4.97. The highest BCUT2D eigenvalue weighted by Crippen LogP contribution is 2.32. The fourth-order valence-corrected chi connectivity index (χ4v) is 4.20. The molecular formula is C18H31N3O15. The van der Waals surface area contributed by atoms with Crippen LogP contribution in [-0.2, 0) is 23.7 Å². The maximum absolute atomic E-state index is 10.7. The normalized spacial score (nSPS) is 49.9. The maximum atomic E-state index is 10.7. The van der Waals surface area contributed by atoms with Crippen LogP contribution in [0.2, 0.25) is 0 Å². The quantitative estimate of drug-likeness (QED) is 0.0794. The first kappa shape index (κ1) is 29.3. The van der Waals surface area contributed by atoms with Crippen molar-refractivity contribution in [2.75, 3.05) is 19.8 Å². The molecular weight excluding hydrogens is 498 g/mol. The predicted octanol–water partition coefficient (Wildman–Crippen LogP) is -6.25. The minimum absolute atomic E-state index is 0.749. The molecule has 0 aliphatic carbocycles. The minimum Gasteiger partial charge on any atom is -0.394 e. The van der Waals surface area contributed by atoms with Crippen LogP contribution in [-0.4, -0.2) is 163 Å². The molecule has 0 aromatic carbocycles. The smallest absolute Gasteiger partial charge is 0.187 e. The fourth-order valence-electron chi connectivity index (χ4n) is 4.20. The fraction of sp³-hybridized carbons (Fsp3) is 1.00. The lowest BCUT2D eigenvalue weighted by atomic mass is 9.96. The Hall–Kier alpha value is -1.29. The van der Waals surface area contributed by atoms with Gasteiger partial charge in [0.05, 0.1) is 19.8 Å². The summed E-state index contributed by atoms with van der Waals surface area (Å²) in [6.45, 7) is -2.36. The molecule has 0 radical (unpaired) electrons. The maximum Gasteiger partial charge on any atom is 0.187 e. The van der Waals surface area contributed by atoms with Crippen LogP contribution in [0.3, 0.4) is 0 Å². The molecule has 208 valence electrons. The Labute approximate surface area is 203 Å². The van der Waals surface area contributed by atoms with E-state index in [1.165, 1.54) is 0 Å². The van der Waals surface area contributed by atoms with Gasteiger partial charge in [-0.15, -0.1) is 0 Å². The van der Waals surface area contributed by atoms with Gasteiger partial charge in [0.15, 0.2) is 18.8 Å². The summed E-state index contributed by atoms with van der Waals surface area (Å²) >= 11 is 0. The van der Waals surface area contributed by atoms with Gasteiger partial charge in [-0.3, -0.25) is 0 Å². The molecule has 18 nitrogen and oxygen atoms in total. The van der Waals surface area contributed by atoms with Crippen LogP contribution in [0.5, 0.6) is 0 Å². The number of ether oxygens (including phenoxy) is 5. The van der Waals surface area contributed by atoms with E-state index in [2.05, 4.69) is 10.0 Å². The lowest BCUT2D eigenvalue weighted by Crippen LogP contribution is -2.66. The Kier molecular flexibility index (Phi) is 10.2. The van der Waals surface area contributed by atoms with E-state index < -0.39 is 112 Å². The molecule has 36 heavy (non-hydrogen) atoms. The van der Waals surface area contributed by atoms with E-state index in [0.717, 1.165) is 0 Å². The zero-order chi connectivity index (χ0) is 26.7. The molecule has 3 fully saturated rings. The summed E-state index contributed by atoms with van der Waals surface area (Å²) in [4.78, 5) is 2.47. The van der Waals surface area contributed by atoms with Gasteiger partial charge in [0.25, 0.3) is 0 Å². The van der Waals surface area contributed by atoms with Gasteiger partial charge in [-0.25, -0.2) is 0 Å². The van der Waals surface area contributed by atoms with Gasteiger partial charge in [-0.2, -0.15) is 0 Å². The summed E-state index contributed by atoms with van der Waals surface area (Å²) in [6, 6.07) is 0. The van der Waals surface area contributed by atoms with Crippen molar-refractivity contribution in [1.29, 1.82) is 0 Å². The molecule has 0 amide bonds. The van der Waals surface area contributed by atoms with Crippen LogP contribution in [0.15, 0.2) is 5.11 Å². The third-order valence-electron chi connectivity index (χ3n) is 6.26. The third-order valence-corrected chi connectivity index (χ3v) is 6.26. The van der Waals surface area contributed by atoms with Gasteiger partial charge in [-0.05, 0) is 5.53 Å². The molecule has 0 saturated carbocycles. The number of aliphatic hydroxyl groups is 10. The summed E-state index contributed by atoms with van der Waals surface area (Å²) in [6.07, 6.45) is -25.0. The number of azide groups is 1. The van der Waals surface area contributed by atoms with Crippen LogP contribution in [0.25, 0.3) is 10.4 Å². The van der Waals surface area contributed by atoms with Crippen molar-refractivity contribution < 1.29 is 74.7 Å². The van der Waals surface area contributed by atoms with Crippen molar-refractivity contribution in [2.24, 2.45) is 5.11 Å². The predicted molar refractivity (Wildman–Crippen MR) is 108 cm³/mol. The summed E-state index contributed by atoms with van der Waals surface area (Å²) < 4.78 is 26.8. The molecule has 3 rings (SSSR count). The molecule has 0 aromatic rings. The molecule has 3 saturated heterocycles. The van der Waals surface area contributed by atoms with E-state index in [1.807, 2.05) is 0 Å². The SMILES string of the molecule is [N-]=[N+]=N[C@@H]1O[C@H](CO)[C@@H](O[C@H]2O[C@H](CO)[C@@H](O[C@H]3O[C@H](CO)[C@@H](O)[C@H](O)[C@H]3O)[C@H](O)[C@H]2O)[C@H](O)[C@H]1O. The summed E-state index contributed by atoms with van der Waals surface area (Å²) in [5, 5.41) is 104. The van der Waals surface area contributed by atoms with Gasteiger partial charge in [0.2, 0.25) is 0 Å². The molecule has 18 heteroatoms. The highest BCUT2D eigenvalue weighted by Gasteiger charge is 2.53. The van der Waals surface area contributed by atoms with Gasteiger partial charge in [0, 0.05) is 4.91 Å². The van der Waals surface area contributed by atoms with Gasteiger partial charge < -0.3 is 74.7 Å². The summed E-state index contributed by atoms with van der Waals surface area (Å²) in [5.41, 5.74) is 8.56. The number of hydrogen-bond donors (Lipinski definition) is 10. The lowest BCUT2D eigenvalue weighted by molar-refractivity contribution is -0.372. The lowest BCUT2D eigenvalue weighted by Gasteiger charge is -2.47. The number of nitrogens with zero attached hydrogens (tertiary/aromatic N) is 3. The first-order valence-corrected chi connectivity index (χ1v) is 11.0. The Morgan fingerprint density at radius 2 is 1.03 bits per heavy atom. The highest BCUT2D eigenvalue weighted by atomic mass is 16.7. The second-order valence-corrected chi connectivity index (χ2v) is 8.54. The standard InChI is InChI=1S/C18H31N3O15/c19-21-20-16-11(29)9(27)14(5(2-23)32-16)35-18-13(31)10(28)15(6(3-24)34-18)36-17-12(30)8(26)7(25)4(1-22)33-17/h4-18,22-31H,1-3H2/t4-,5-,6-,7-,8+,9-,10-,11-,12-,13-,14-,15-,16-,17-,18-/m1/s1. The van der Waals surface area contributed by atoms with Crippen LogP contribution in [0.1, 0.15) is 0 Å². The molecule has 15 atom stereocenters. The summed E-state index contributed by atoms with van der Waals surface area (Å²) in [5.74, 6) is 0. The van der Waals surface area contributed by atoms with Gasteiger partial charge >= 0.3 is 0 Å². The van der Waals surface area contributed by atoms with E-state index in [-0.39, 0.29) is 0 Å². The van der Waals surface area contributed by atoms with Crippen LogP contribution in [0.4, 0.5) is 0 Å². The first-order valence-electron chi connectivity index (χ1n) is 11.0. The zero-order valence-electron chi connectivity index (χ0n) is 18.6. The molecule has 0 bridgehead atoms. The van der Waals surface area contributed by atoms with Crippen LogP contribution < -0.4 is 0 Å². The first-order chi connectivity index (χ1) is 17.1. The van der Waals surface area contributed by atoms with Crippen molar-refractivity contribution in [2.45, 2.75) is 92.1 Å². The Morgan fingerprint density at radius 1 is 0.583 bits per heavy atom. The van der Waals surface area contributed by atoms with Gasteiger partial charge in [0.1, 0.15) is 73.2 Å². The van der Waals surface area contributed by atoms with Crippen molar-refractivity contribution >= 4 is 0 Å². The van der Waals surface area contributed by atoms with Crippen molar-refractivity contribution in [1.82, 2.24) is 0 Å². The Morgan fingerprint density at radius 3 is 1.53 bits per heavy atom. The second-order valence-electron chi connectivity index (χ2n) is 8.54. The van der Waals surface area contributed by atoms with E-state index in [4.69, 9.17) is 29.2 Å². The van der Waals surface area contributed by atoms with E-state index in [0.29, 0.717) is 0 Å². The second kappa shape index (κ2) is 12.5. The Bertz CT molecular complexity index is 755. The van der Waals surface area contributed by atoms with Crippen molar-refractivity contribution in [3.8, 4) is 0 Å². The molecule has 3 aliphatic rings. The van der Waals surface area contributed by atoms with E-state index in [1.54, 1.807) is 0 Å². The third kappa shape index (κ3) is 5.74. The van der Waals surface area contributed by atoms with Gasteiger partial charge in [-0.1, -0.05) is 5.11 Å². The van der Waals surface area contributed by atoms with Crippen molar-refractivity contribution in [3.63, 3.8) is 0 Å². The number of aliphatic hydroxyl groups excluding tert-OH is 10. The van der Waals surface area contributed by atoms with E-state index in [9.17, 15) is 51.1 Å². The van der Waals surface area contributed by atoms with Crippen molar-refractivity contribution in [3.05, 3.63) is 10.4 Å². The average molecular weight is 529 g/mol. The molecule has 3 aliphatic heterocycles. The number of hydrogen-bond acceptors (Lipinski definition) is 16. The summed E-state index contributed by atoms with van der Waals surface area (Å²) in [7, 11) is 0. The Balaban J connectivity index is 1.72. The molecule has 0 unspecified atom stereocenters. The van der Waals surface area contributed by atoms with Crippen LogP contribution in [0, 0.1) is 0 Å². The minimum atomic E-state index is -1.93. The molecule has 3 heterocycles. The topological polar surface area (TPSA) is 297 Å². The molecule has 10 N–H and O–H groups in total. The van der Waals surface area contributed by atoms with E-state index >= 15 is 0 Å². The zero-order valence-corrected chi connectivity index (χ0v) is 18.6. The molecule has 0 aromatic heterocycles.